The van der Waals surface area contributed by atoms with E-state index in [0.717, 1.165) is 17.7 Å². The van der Waals surface area contributed by atoms with Crippen LogP contribution in [0, 0.1) is 0 Å². The lowest BCUT2D eigenvalue weighted by molar-refractivity contribution is 0.557. The molecular formula is C15H25NOS. The number of rotatable bonds is 7. The van der Waals surface area contributed by atoms with Gasteiger partial charge in [-0.2, -0.15) is 0 Å². The zero-order valence-electron chi connectivity index (χ0n) is 11.9. The highest BCUT2D eigenvalue weighted by atomic mass is 32.2. The van der Waals surface area contributed by atoms with E-state index in [9.17, 15) is 4.21 Å². The van der Waals surface area contributed by atoms with Crippen molar-refractivity contribution in [1.29, 1.82) is 0 Å². The number of hydrogen-bond donors (Lipinski definition) is 1. The maximum Gasteiger partial charge on any atom is 0.0545 e. The molecule has 0 amide bonds. The summed E-state index contributed by atoms with van der Waals surface area (Å²) in [4.78, 5) is 0.941. The zero-order valence-corrected chi connectivity index (χ0v) is 12.7. The molecule has 18 heavy (non-hydrogen) atoms. The quantitative estimate of drug-likeness (QED) is 0.821. The van der Waals surface area contributed by atoms with Gasteiger partial charge >= 0.3 is 0 Å². The standard InChI is InChI=1S/C15H25NOS/c1-5-6-14(16-4)11-18(17)15-9-7-13(8-10-15)12(2)3/h7-10,12,14,16H,5-6,11H2,1-4H3. The van der Waals surface area contributed by atoms with Gasteiger partial charge in [0.15, 0.2) is 0 Å². The van der Waals surface area contributed by atoms with E-state index in [1.54, 1.807) is 0 Å². The minimum absolute atomic E-state index is 0.348. The highest BCUT2D eigenvalue weighted by molar-refractivity contribution is 7.85. The Labute approximate surface area is 114 Å². The van der Waals surface area contributed by atoms with Crippen LogP contribution in [0.3, 0.4) is 0 Å². The predicted molar refractivity (Wildman–Crippen MR) is 79.6 cm³/mol. The second-order valence-electron chi connectivity index (χ2n) is 5.01. The first-order valence-electron chi connectivity index (χ1n) is 6.74. The molecule has 1 N–H and O–H groups in total. The molecule has 0 fully saturated rings. The van der Waals surface area contributed by atoms with Crippen molar-refractivity contribution in [2.24, 2.45) is 0 Å². The third kappa shape index (κ3) is 4.54. The molecule has 0 heterocycles. The first-order chi connectivity index (χ1) is 8.58. The third-order valence-corrected chi connectivity index (χ3v) is 4.71. The SMILES string of the molecule is CCCC(CS(=O)c1ccc(C(C)C)cc1)NC. The van der Waals surface area contributed by atoms with Crippen LogP contribution >= 0.6 is 0 Å². The van der Waals surface area contributed by atoms with Gasteiger partial charge in [-0.05, 0) is 37.1 Å². The third-order valence-electron chi connectivity index (χ3n) is 3.21. The van der Waals surface area contributed by atoms with Crippen molar-refractivity contribution in [3.8, 4) is 0 Å². The summed E-state index contributed by atoms with van der Waals surface area (Å²) in [5.41, 5.74) is 1.30. The van der Waals surface area contributed by atoms with Crippen molar-refractivity contribution in [2.45, 2.75) is 50.5 Å². The minimum Gasteiger partial charge on any atom is -0.316 e. The smallest absolute Gasteiger partial charge is 0.0545 e. The van der Waals surface area contributed by atoms with E-state index in [1.807, 2.05) is 19.2 Å². The first-order valence-corrected chi connectivity index (χ1v) is 8.06. The largest absolute Gasteiger partial charge is 0.316 e. The van der Waals surface area contributed by atoms with Crippen LogP contribution in [0.15, 0.2) is 29.2 Å². The van der Waals surface area contributed by atoms with Gasteiger partial charge in [-0.25, -0.2) is 0 Å². The summed E-state index contributed by atoms with van der Waals surface area (Å²) in [6.07, 6.45) is 2.20. The van der Waals surface area contributed by atoms with Gasteiger partial charge in [0, 0.05) is 16.7 Å². The van der Waals surface area contributed by atoms with Gasteiger partial charge < -0.3 is 5.32 Å². The van der Waals surface area contributed by atoms with Gasteiger partial charge in [-0.3, -0.25) is 4.21 Å². The van der Waals surface area contributed by atoms with Crippen LogP contribution in [-0.2, 0) is 10.8 Å². The minimum atomic E-state index is -0.899. The molecule has 102 valence electrons. The molecule has 0 aliphatic rings. The molecule has 2 unspecified atom stereocenters. The van der Waals surface area contributed by atoms with E-state index >= 15 is 0 Å². The number of benzene rings is 1. The summed E-state index contributed by atoms with van der Waals surface area (Å²) in [6.45, 7) is 6.50. The van der Waals surface area contributed by atoms with Crippen LogP contribution in [0.1, 0.15) is 45.1 Å². The van der Waals surface area contributed by atoms with Gasteiger partial charge in [0.2, 0.25) is 0 Å². The Kier molecular flexibility index (Phi) is 6.58. The summed E-state index contributed by atoms with van der Waals surface area (Å²) in [7, 11) is 1.04. The molecule has 3 heteroatoms. The van der Waals surface area contributed by atoms with Crippen LogP contribution < -0.4 is 5.32 Å². The second-order valence-corrected chi connectivity index (χ2v) is 6.51. The highest BCUT2D eigenvalue weighted by Crippen LogP contribution is 2.17. The van der Waals surface area contributed by atoms with E-state index in [0.29, 0.717) is 17.7 Å². The summed E-state index contributed by atoms with van der Waals surface area (Å²) in [6, 6.07) is 8.53. The van der Waals surface area contributed by atoms with Gasteiger partial charge in [0.05, 0.1) is 10.8 Å². The molecule has 1 aromatic carbocycles. The molecular weight excluding hydrogens is 242 g/mol. The first kappa shape index (κ1) is 15.4. The van der Waals surface area contributed by atoms with Crippen molar-refractivity contribution >= 4 is 10.8 Å². The van der Waals surface area contributed by atoms with E-state index < -0.39 is 10.8 Å². The Balaban J connectivity index is 2.66. The fraction of sp³-hybridized carbons (Fsp3) is 0.600. The van der Waals surface area contributed by atoms with Crippen LogP contribution in [0.4, 0.5) is 0 Å². The fourth-order valence-electron chi connectivity index (χ4n) is 1.94. The lowest BCUT2D eigenvalue weighted by Crippen LogP contribution is -2.30. The van der Waals surface area contributed by atoms with Crippen molar-refractivity contribution < 1.29 is 4.21 Å². The molecule has 2 atom stereocenters. The van der Waals surface area contributed by atoms with Crippen molar-refractivity contribution in [3.05, 3.63) is 29.8 Å². The Morgan fingerprint density at radius 3 is 2.28 bits per heavy atom. The molecule has 2 nitrogen and oxygen atoms in total. The van der Waals surface area contributed by atoms with E-state index in [-0.39, 0.29) is 0 Å². The number of nitrogens with one attached hydrogen (secondary N) is 1. The molecule has 0 aromatic heterocycles. The maximum absolute atomic E-state index is 12.2. The highest BCUT2D eigenvalue weighted by Gasteiger charge is 2.11. The Morgan fingerprint density at radius 2 is 1.83 bits per heavy atom. The Bertz CT molecular complexity index is 373. The van der Waals surface area contributed by atoms with Crippen molar-refractivity contribution in [3.63, 3.8) is 0 Å². The molecule has 0 radical (unpaired) electrons. The molecule has 1 rings (SSSR count). The Hall–Kier alpha value is -0.670. The zero-order chi connectivity index (χ0) is 13.5. The lowest BCUT2D eigenvalue weighted by atomic mass is 10.0. The van der Waals surface area contributed by atoms with E-state index in [2.05, 4.69) is 38.2 Å². The summed E-state index contributed by atoms with van der Waals surface area (Å²) < 4.78 is 12.2. The van der Waals surface area contributed by atoms with Crippen LogP contribution in [0.2, 0.25) is 0 Å². The summed E-state index contributed by atoms with van der Waals surface area (Å²) >= 11 is 0. The van der Waals surface area contributed by atoms with Crippen molar-refractivity contribution in [2.75, 3.05) is 12.8 Å². The predicted octanol–water partition coefficient (Wildman–Crippen LogP) is 3.31. The van der Waals surface area contributed by atoms with Gasteiger partial charge in [-0.1, -0.05) is 39.3 Å². The molecule has 0 bridgehead atoms. The van der Waals surface area contributed by atoms with Crippen LogP contribution in [0.5, 0.6) is 0 Å². The summed E-state index contributed by atoms with van der Waals surface area (Å²) in [5, 5.41) is 3.24. The average Bonchev–Trinajstić information content (AvgIpc) is 2.38. The normalized spacial score (nSPS) is 14.7. The Morgan fingerprint density at radius 1 is 1.22 bits per heavy atom. The second kappa shape index (κ2) is 7.70. The fourth-order valence-corrected chi connectivity index (χ4v) is 3.27. The number of hydrogen-bond acceptors (Lipinski definition) is 2. The average molecular weight is 267 g/mol. The van der Waals surface area contributed by atoms with Gasteiger partial charge in [-0.15, -0.1) is 0 Å². The molecule has 0 spiro atoms. The van der Waals surface area contributed by atoms with E-state index in [1.165, 1.54) is 5.56 Å². The summed E-state index contributed by atoms with van der Waals surface area (Å²) in [5.74, 6) is 1.23. The van der Waals surface area contributed by atoms with Crippen LogP contribution in [0.25, 0.3) is 0 Å². The topological polar surface area (TPSA) is 29.1 Å². The van der Waals surface area contributed by atoms with Crippen molar-refractivity contribution in [1.82, 2.24) is 5.32 Å². The molecule has 0 aliphatic carbocycles. The molecule has 1 aromatic rings. The molecule has 0 aliphatic heterocycles. The molecule has 0 saturated heterocycles. The monoisotopic (exact) mass is 267 g/mol. The lowest BCUT2D eigenvalue weighted by Gasteiger charge is -2.15. The maximum atomic E-state index is 12.2. The molecule has 0 saturated carbocycles. The van der Waals surface area contributed by atoms with Gasteiger partial charge in [0.25, 0.3) is 0 Å². The van der Waals surface area contributed by atoms with E-state index in [4.69, 9.17) is 0 Å². The van der Waals surface area contributed by atoms with Gasteiger partial charge in [0.1, 0.15) is 0 Å². The van der Waals surface area contributed by atoms with Crippen LogP contribution in [-0.4, -0.2) is 23.1 Å².